The molecule has 2 heteroatoms. The number of furan rings is 2. The SMILES string of the molecule is [2H]c1c([2H])c([2H])c2c(-c3ccc(-c4ccc5c(c4)oc4c6ccoc6ccc54)cc3)c3c([2H])c([2H])c([2H])c([2H])c3c(-c3ccccc3)c2c1[2H]. The van der Waals surface area contributed by atoms with Crippen LogP contribution in [0.5, 0.6) is 0 Å². The van der Waals surface area contributed by atoms with E-state index in [0.29, 0.717) is 22.3 Å². The molecule has 0 saturated heterocycles. The average Bonchev–Trinajstić information content (AvgIpc) is 3.78. The smallest absolute Gasteiger partial charge is 0.146 e. The van der Waals surface area contributed by atoms with Gasteiger partial charge in [-0.1, -0.05) is 109 Å². The molecule has 7 aromatic carbocycles. The first-order valence-electron chi connectivity index (χ1n) is 17.6. The van der Waals surface area contributed by atoms with Gasteiger partial charge in [-0.15, -0.1) is 0 Å². The Bertz CT molecular complexity index is 2810. The van der Waals surface area contributed by atoms with Crippen LogP contribution in [0.15, 0.2) is 154 Å². The molecule has 42 heavy (non-hydrogen) atoms. The summed E-state index contributed by atoms with van der Waals surface area (Å²) in [5, 5.41) is 3.63. The van der Waals surface area contributed by atoms with E-state index in [0.717, 1.165) is 44.0 Å². The van der Waals surface area contributed by atoms with E-state index in [1.54, 1.807) is 30.5 Å². The molecular formula is C40H24O2. The molecule has 2 nitrogen and oxygen atoms in total. The summed E-state index contributed by atoms with van der Waals surface area (Å²) in [5.74, 6) is 0. The van der Waals surface area contributed by atoms with E-state index < -0.39 is 24.2 Å². The predicted molar refractivity (Wildman–Crippen MR) is 175 cm³/mol. The van der Waals surface area contributed by atoms with Crippen molar-refractivity contribution < 1.29 is 19.8 Å². The monoisotopic (exact) mass is 544 g/mol. The number of fused-ring (bicyclic) bond motifs is 7. The van der Waals surface area contributed by atoms with Gasteiger partial charge in [-0.3, -0.25) is 0 Å². The van der Waals surface area contributed by atoms with Crippen LogP contribution in [-0.4, -0.2) is 0 Å². The van der Waals surface area contributed by atoms with E-state index in [1.165, 1.54) is 0 Å². The van der Waals surface area contributed by atoms with Crippen LogP contribution in [0.3, 0.4) is 0 Å². The summed E-state index contributed by atoms with van der Waals surface area (Å²) in [6.07, 6.45) is 1.64. The van der Waals surface area contributed by atoms with Crippen LogP contribution >= 0.6 is 0 Å². The highest BCUT2D eigenvalue weighted by molar-refractivity contribution is 6.21. The van der Waals surface area contributed by atoms with Gasteiger partial charge in [0.25, 0.3) is 0 Å². The standard InChI is InChI=1S/C40H24O2/c1-2-8-26(9-3-1)38-30-10-4-6-12-32(30)39(33-13-7-5-11-31(33)38)27-16-14-25(15-17-27)28-18-19-29-34-20-21-36-35(22-23-41-36)40(34)42-37(29)24-28/h1-24H/i4D,5D,6D,7D,10D,11D,12D,13D. The van der Waals surface area contributed by atoms with Crippen molar-refractivity contribution in [1.29, 1.82) is 0 Å². The van der Waals surface area contributed by atoms with Gasteiger partial charge in [-0.05, 0) is 85.3 Å². The summed E-state index contributed by atoms with van der Waals surface area (Å²) in [6.45, 7) is 0. The largest absolute Gasteiger partial charge is 0.464 e. The Balaban J connectivity index is 1.32. The topological polar surface area (TPSA) is 26.3 Å². The molecule has 0 aliphatic rings. The van der Waals surface area contributed by atoms with Gasteiger partial charge < -0.3 is 8.83 Å². The number of benzene rings is 7. The Hall–Kier alpha value is -5.60. The molecule has 0 spiro atoms. The van der Waals surface area contributed by atoms with Crippen molar-refractivity contribution in [1.82, 2.24) is 0 Å². The third kappa shape index (κ3) is 3.39. The lowest BCUT2D eigenvalue weighted by Gasteiger charge is -2.18. The zero-order chi connectivity index (χ0) is 34.6. The van der Waals surface area contributed by atoms with Crippen molar-refractivity contribution in [3.05, 3.63) is 146 Å². The molecule has 0 saturated carbocycles. The van der Waals surface area contributed by atoms with Gasteiger partial charge in [0.05, 0.1) is 22.6 Å². The molecule has 0 fully saturated rings. The molecule has 0 radical (unpaired) electrons. The summed E-state index contributed by atoms with van der Waals surface area (Å²) in [5.41, 5.74) is 5.76. The molecule has 2 heterocycles. The highest BCUT2D eigenvalue weighted by Crippen LogP contribution is 2.44. The summed E-state index contributed by atoms with van der Waals surface area (Å²) < 4.78 is 82.6. The number of hydrogen-bond acceptors (Lipinski definition) is 2. The fourth-order valence-electron chi connectivity index (χ4n) is 6.09. The second kappa shape index (κ2) is 8.95. The molecule has 0 atom stereocenters. The molecule has 0 unspecified atom stereocenters. The van der Waals surface area contributed by atoms with Crippen LogP contribution < -0.4 is 0 Å². The Kier molecular flexibility index (Phi) is 3.54. The first-order valence-corrected chi connectivity index (χ1v) is 13.6. The van der Waals surface area contributed by atoms with Crippen molar-refractivity contribution in [3.8, 4) is 33.4 Å². The van der Waals surface area contributed by atoms with Crippen molar-refractivity contribution in [3.63, 3.8) is 0 Å². The van der Waals surface area contributed by atoms with E-state index in [4.69, 9.17) is 19.8 Å². The first kappa shape index (κ1) is 16.6. The van der Waals surface area contributed by atoms with E-state index in [9.17, 15) is 0 Å². The number of hydrogen-bond donors (Lipinski definition) is 0. The zero-order valence-electron chi connectivity index (χ0n) is 30.1. The Morgan fingerprint density at radius 2 is 1.00 bits per heavy atom. The van der Waals surface area contributed by atoms with E-state index in [2.05, 4.69) is 0 Å². The molecule has 0 bridgehead atoms. The van der Waals surface area contributed by atoms with Gasteiger partial charge in [0.2, 0.25) is 0 Å². The predicted octanol–water partition coefficient (Wildman–Crippen LogP) is 11.6. The van der Waals surface area contributed by atoms with Crippen molar-refractivity contribution in [2.45, 2.75) is 0 Å². The first-order chi connectivity index (χ1) is 24.2. The second-order valence-electron chi connectivity index (χ2n) is 10.3. The van der Waals surface area contributed by atoms with Crippen LogP contribution in [0.4, 0.5) is 0 Å². The minimum absolute atomic E-state index is 0.189. The van der Waals surface area contributed by atoms with Crippen LogP contribution in [0.1, 0.15) is 11.0 Å². The van der Waals surface area contributed by atoms with Gasteiger partial charge in [0.1, 0.15) is 16.7 Å². The zero-order valence-corrected chi connectivity index (χ0v) is 22.1. The maximum atomic E-state index is 9.11. The maximum absolute atomic E-state index is 9.11. The molecule has 0 aliphatic heterocycles. The van der Waals surface area contributed by atoms with Gasteiger partial charge in [-0.25, -0.2) is 0 Å². The van der Waals surface area contributed by atoms with Crippen LogP contribution in [-0.2, 0) is 0 Å². The van der Waals surface area contributed by atoms with Crippen LogP contribution in [0.2, 0.25) is 0 Å². The Labute approximate surface area is 253 Å². The van der Waals surface area contributed by atoms with Gasteiger partial charge >= 0.3 is 0 Å². The van der Waals surface area contributed by atoms with Crippen molar-refractivity contribution >= 4 is 54.5 Å². The molecule has 2 aromatic heterocycles. The molecule has 9 aromatic rings. The normalized spacial score (nSPS) is 14.5. The third-order valence-electron chi connectivity index (χ3n) is 8.01. The lowest BCUT2D eigenvalue weighted by Crippen LogP contribution is -1.90. The quantitative estimate of drug-likeness (QED) is 0.207. The van der Waals surface area contributed by atoms with Crippen LogP contribution in [0, 0.1) is 0 Å². The van der Waals surface area contributed by atoms with Crippen LogP contribution in [0.25, 0.3) is 87.8 Å². The van der Waals surface area contributed by atoms with Gasteiger partial charge in [0.15, 0.2) is 0 Å². The number of rotatable bonds is 3. The molecular weight excluding hydrogens is 512 g/mol. The lowest BCUT2D eigenvalue weighted by molar-refractivity contribution is 0.615. The summed E-state index contributed by atoms with van der Waals surface area (Å²) in [6, 6.07) is 25.4. The lowest BCUT2D eigenvalue weighted by atomic mass is 9.86. The maximum Gasteiger partial charge on any atom is 0.146 e. The summed E-state index contributed by atoms with van der Waals surface area (Å²) >= 11 is 0. The summed E-state index contributed by atoms with van der Waals surface area (Å²) in [4.78, 5) is 0. The average molecular weight is 545 g/mol. The van der Waals surface area contributed by atoms with E-state index in [1.807, 2.05) is 66.7 Å². The second-order valence-corrected chi connectivity index (χ2v) is 10.3. The van der Waals surface area contributed by atoms with Crippen molar-refractivity contribution in [2.75, 3.05) is 0 Å². The Morgan fingerprint density at radius 3 is 1.67 bits per heavy atom. The molecule has 0 N–H and O–H groups in total. The highest BCUT2D eigenvalue weighted by Gasteiger charge is 2.17. The summed E-state index contributed by atoms with van der Waals surface area (Å²) in [7, 11) is 0. The highest BCUT2D eigenvalue weighted by atomic mass is 16.3. The Morgan fingerprint density at radius 1 is 0.429 bits per heavy atom. The molecule has 0 amide bonds. The fraction of sp³-hybridized carbons (Fsp3) is 0. The van der Waals surface area contributed by atoms with Gasteiger partial charge in [0, 0.05) is 10.8 Å². The minimum Gasteiger partial charge on any atom is -0.464 e. The third-order valence-corrected chi connectivity index (χ3v) is 8.01. The minimum atomic E-state index is -0.425. The van der Waals surface area contributed by atoms with Crippen molar-refractivity contribution in [2.24, 2.45) is 0 Å². The van der Waals surface area contributed by atoms with Gasteiger partial charge in [-0.2, -0.15) is 0 Å². The molecule has 0 aliphatic carbocycles. The molecule has 9 rings (SSSR count). The molecule has 196 valence electrons. The van der Waals surface area contributed by atoms with E-state index >= 15 is 0 Å². The fourth-order valence-corrected chi connectivity index (χ4v) is 6.09. The van der Waals surface area contributed by atoms with E-state index in [-0.39, 0.29) is 45.7 Å².